The fourth-order valence-corrected chi connectivity index (χ4v) is 3.11. The van der Waals surface area contributed by atoms with E-state index in [0.29, 0.717) is 23.3 Å². The van der Waals surface area contributed by atoms with Crippen molar-refractivity contribution in [3.05, 3.63) is 35.4 Å². The Labute approximate surface area is 110 Å². The Morgan fingerprint density at radius 3 is 3.11 bits per heavy atom. The van der Waals surface area contributed by atoms with Crippen LogP contribution in [0.4, 0.5) is 0 Å². The number of amides is 1. The molecule has 1 aromatic rings. The lowest BCUT2D eigenvalue weighted by molar-refractivity contribution is 0.0612. The van der Waals surface area contributed by atoms with E-state index in [1.54, 1.807) is 36.0 Å². The van der Waals surface area contributed by atoms with E-state index >= 15 is 0 Å². The molecule has 1 saturated heterocycles. The van der Waals surface area contributed by atoms with Crippen LogP contribution in [0.25, 0.3) is 0 Å². The number of nitrogens with zero attached hydrogens (tertiary/aromatic N) is 1. The summed E-state index contributed by atoms with van der Waals surface area (Å²) in [6.45, 7) is 0.260. The minimum atomic E-state index is -0.785. The Morgan fingerprint density at radius 2 is 2.44 bits per heavy atom. The largest absolute Gasteiger partial charge is 0.387 e. The second-order valence-corrected chi connectivity index (χ2v) is 5.51. The molecule has 2 N–H and O–H groups in total. The number of hydrogen-bond donors (Lipinski definition) is 2. The zero-order valence-corrected chi connectivity index (χ0v) is 10.7. The van der Waals surface area contributed by atoms with E-state index in [2.05, 4.69) is 5.32 Å². The van der Waals surface area contributed by atoms with Gasteiger partial charge in [-0.15, -0.1) is 0 Å². The maximum Gasteiger partial charge on any atom is 0.251 e. The molecule has 0 saturated carbocycles. The van der Waals surface area contributed by atoms with Crippen LogP contribution in [0.3, 0.4) is 0 Å². The van der Waals surface area contributed by atoms with E-state index in [1.165, 1.54) is 0 Å². The van der Waals surface area contributed by atoms with Gasteiger partial charge in [-0.05, 0) is 30.4 Å². The smallest absolute Gasteiger partial charge is 0.251 e. The molecular weight excluding hydrogens is 248 g/mol. The molecule has 1 aliphatic rings. The fourth-order valence-electron chi connectivity index (χ4n) is 1.81. The Balaban J connectivity index is 1.97. The molecule has 1 unspecified atom stereocenters. The van der Waals surface area contributed by atoms with Gasteiger partial charge in [0, 0.05) is 17.9 Å². The van der Waals surface area contributed by atoms with Gasteiger partial charge >= 0.3 is 0 Å². The van der Waals surface area contributed by atoms with Crippen molar-refractivity contribution >= 4 is 17.7 Å². The molecule has 0 radical (unpaired) electrons. The number of aliphatic hydroxyl groups is 1. The lowest BCUT2D eigenvalue weighted by Gasteiger charge is -2.21. The summed E-state index contributed by atoms with van der Waals surface area (Å²) in [5.41, 5.74) is 0.119. The van der Waals surface area contributed by atoms with Gasteiger partial charge in [0.1, 0.15) is 0 Å². The highest BCUT2D eigenvalue weighted by atomic mass is 32.2. The summed E-state index contributed by atoms with van der Waals surface area (Å²) >= 11 is 1.69. The lowest BCUT2D eigenvalue weighted by atomic mass is 10.0. The number of benzene rings is 1. The second-order valence-electron chi connectivity index (χ2n) is 4.40. The number of carbonyl (C=O) groups is 1. The van der Waals surface area contributed by atoms with E-state index in [4.69, 9.17) is 5.26 Å². The summed E-state index contributed by atoms with van der Waals surface area (Å²) in [6, 6.07) is 8.52. The Bertz CT molecular complexity index is 490. The third-order valence-electron chi connectivity index (χ3n) is 2.91. The van der Waals surface area contributed by atoms with Crippen molar-refractivity contribution in [2.24, 2.45) is 0 Å². The van der Waals surface area contributed by atoms with Gasteiger partial charge in [0.15, 0.2) is 0 Å². The van der Waals surface area contributed by atoms with Crippen LogP contribution in [-0.2, 0) is 0 Å². The van der Waals surface area contributed by atoms with Crippen molar-refractivity contribution in [3.8, 4) is 6.07 Å². The number of nitriles is 1. The average molecular weight is 262 g/mol. The lowest BCUT2D eigenvalue weighted by Crippen LogP contribution is -2.42. The summed E-state index contributed by atoms with van der Waals surface area (Å²) < 4.78 is 0. The molecule has 1 heterocycles. The molecule has 5 heteroatoms. The highest BCUT2D eigenvalue weighted by Gasteiger charge is 2.31. The van der Waals surface area contributed by atoms with Crippen molar-refractivity contribution < 1.29 is 9.90 Å². The topological polar surface area (TPSA) is 73.1 Å². The summed E-state index contributed by atoms with van der Waals surface area (Å²) in [4.78, 5) is 11.9. The molecule has 94 valence electrons. The molecule has 18 heavy (non-hydrogen) atoms. The normalized spacial score (nSPS) is 22.4. The zero-order valence-electron chi connectivity index (χ0n) is 9.85. The Morgan fingerprint density at radius 1 is 1.61 bits per heavy atom. The van der Waals surface area contributed by atoms with Crippen molar-refractivity contribution in [3.63, 3.8) is 0 Å². The minimum absolute atomic E-state index is 0.252. The van der Waals surface area contributed by atoms with Crippen molar-refractivity contribution in [1.29, 1.82) is 5.26 Å². The summed E-state index contributed by atoms with van der Waals surface area (Å²) in [6.07, 6.45) is 0.705. The Hall–Kier alpha value is -1.51. The third kappa shape index (κ3) is 3.03. The van der Waals surface area contributed by atoms with Crippen molar-refractivity contribution in [2.45, 2.75) is 12.0 Å². The van der Waals surface area contributed by atoms with Gasteiger partial charge in [-0.25, -0.2) is 0 Å². The first-order valence-corrected chi connectivity index (χ1v) is 6.87. The minimum Gasteiger partial charge on any atom is -0.387 e. The fraction of sp³-hybridized carbons (Fsp3) is 0.385. The molecule has 0 aromatic heterocycles. The molecule has 1 amide bonds. The molecule has 1 fully saturated rings. The van der Waals surface area contributed by atoms with Gasteiger partial charge in [-0.1, -0.05) is 6.07 Å². The molecule has 1 atom stereocenters. The van der Waals surface area contributed by atoms with Gasteiger partial charge in [-0.3, -0.25) is 4.79 Å². The zero-order chi connectivity index (χ0) is 13.0. The van der Waals surface area contributed by atoms with E-state index in [-0.39, 0.29) is 12.5 Å². The molecule has 0 spiro atoms. The van der Waals surface area contributed by atoms with Gasteiger partial charge in [0.2, 0.25) is 0 Å². The predicted octanol–water partition coefficient (Wildman–Crippen LogP) is 1.16. The van der Waals surface area contributed by atoms with Crippen molar-refractivity contribution in [2.75, 3.05) is 18.1 Å². The molecule has 4 nitrogen and oxygen atoms in total. The number of rotatable bonds is 3. The van der Waals surface area contributed by atoms with Gasteiger partial charge in [-0.2, -0.15) is 17.0 Å². The van der Waals surface area contributed by atoms with Crippen LogP contribution >= 0.6 is 11.8 Å². The number of carbonyl (C=O) groups excluding carboxylic acids is 1. The first kappa shape index (κ1) is 12.9. The van der Waals surface area contributed by atoms with Crippen LogP contribution in [0.1, 0.15) is 22.3 Å². The van der Waals surface area contributed by atoms with Gasteiger partial charge in [0.25, 0.3) is 5.91 Å². The van der Waals surface area contributed by atoms with Crippen LogP contribution in [0.2, 0.25) is 0 Å². The van der Waals surface area contributed by atoms with Crippen LogP contribution < -0.4 is 5.32 Å². The highest BCUT2D eigenvalue weighted by Crippen LogP contribution is 2.27. The molecule has 2 rings (SSSR count). The highest BCUT2D eigenvalue weighted by molar-refractivity contribution is 7.99. The first-order valence-electron chi connectivity index (χ1n) is 5.71. The number of nitrogens with one attached hydrogen (secondary N) is 1. The summed E-state index contributed by atoms with van der Waals surface area (Å²) in [7, 11) is 0. The van der Waals surface area contributed by atoms with Crippen LogP contribution in [-0.4, -0.2) is 34.7 Å². The molecular formula is C13H14N2O2S. The number of hydrogen-bond acceptors (Lipinski definition) is 4. The third-order valence-corrected chi connectivity index (χ3v) is 4.15. The maximum absolute atomic E-state index is 11.9. The van der Waals surface area contributed by atoms with Crippen LogP contribution in [0.15, 0.2) is 24.3 Å². The number of thioether (sulfide) groups is 1. The average Bonchev–Trinajstić information content (AvgIpc) is 2.83. The second kappa shape index (κ2) is 5.42. The van der Waals surface area contributed by atoms with Crippen LogP contribution in [0.5, 0.6) is 0 Å². The summed E-state index contributed by atoms with van der Waals surface area (Å²) in [5, 5.41) is 21.6. The standard InChI is InChI=1S/C13H14N2O2S/c14-7-10-2-1-3-11(6-10)12(16)15-8-13(17)4-5-18-9-13/h1-3,6,17H,4-5,8-9H2,(H,15,16). The SMILES string of the molecule is N#Cc1cccc(C(=O)NCC2(O)CCSC2)c1. The van der Waals surface area contributed by atoms with Crippen LogP contribution in [0, 0.1) is 11.3 Å². The van der Waals surface area contributed by atoms with E-state index in [9.17, 15) is 9.90 Å². The van der Waals surface area contributed by atoms with Gasteiger partial charge < -0.3 is 10.4 Å². The predicted molar refractivity (Wildman–Crippen MR) is 70.4 cm³/mol. The Kier molecular flexibility index (Phi) is 3.90. The molecule has 0 bridgehead atoms. The van der Waals surface area contributed by atoms with E-state index < -0.39 is 5.60 Å². The molecule has 1 aliphatic heterocycles. The quantitative estimate of drug-likeness (QED) is 0.857. The molecule has 1 aromatic carbocycles. The summed E-state index contributed by atoms with van der Waals surface area (Å²) in [5.74, 6) is 1.33. The first-order chi connectivity index (χ1) is 8.63. The van der Waals surface area contributed by atoms with Gasteiger partial charge in [0.05, 0.1) is 17.2 Å². The molecule has 0 aliphatic carbocycles. The van der Waals surface area contributed by atoms with Crippen molar-refractivity contribution in [1.82, 2.24) is 5.32 Å². The monoisotopic (exact) mass is 262 g/mol. The van der Waals surface area contributed by atoms with E-state index in [0.717, 1.165) is 5.75 Å². The van der Waals surface area contributed by atoms with E-state index in [1.807, 2.05) is 6.07 Å². The maximum atomic E-state index is 11.9.